The van der Waals surface area contributed by atoms with Crippen LogP contribution in [0.5, 0.6) is 5.88 Å². The van der Waals surface area contributed by atoms with Gasteiger partial charge in [0, 0.05) is 37.1 Å². The van der Waals surface area contributed by atoms with Crippen molar-refractivity contribution in [1.29, 1.82) is 0 Å². The third-order valence-electron chi connectivity index (χ3n) is 3.66. The smallest absolute Gasteiger partial charge is 0.260 e. The zero-order chi connectivity index (χ0) is 17.5. The van der Waals surface area contributed by atoms with Gasteiger partial charge in [0.15, 0.2) is 6.10 Å². The number of benzene rings is 1. The van der Waals surface area contributed by atoms with E-state index in [4.69, 9.17) is 4.74 Å². The highest BCUT2D eigenvalue weighted by molar-refractivity contribution is 5.80. The maximum atomic E-state index is 12.1. The summed E-state index contributed by atoms with van der Waals surface area (Å²) in [6, 6.07) is 17.2. The van der Waals surface area contributed by atoms with Crippen molar-refractivity contribution in [2.24, 2.45) is 0 Å². The minimum absolute atomic E-state index is 0.176. The summed E-state index contributed by atoms with van der Waals surface area (Å²) in [5.74, 6) is 0.237. The molecule has 0 radical (unpaired) electrons. The van der Waals surface area contributed by atoms with Crippen LogP contribution < -0.4 is 10.1 Å². The largest absolute Gasteiger partial charge is 0.463 e. The molecule has 0 aliphatic rings. The summed E-state index contributed by atoms with van der Waals surface area (Å²) in [5.41, 5.74) is 1.88. The Morgan fingerprint density at radius 2 is 1.96 bits per heavy atom. The first-order valence-electron chi connectivity index (χ1n) is 8.18. The van der Waals surface area contributed by atoms with Crippen LogP contribution in [0.4, 0.5) is 0 Å². The van der Waals surface area contributed by atoms with Crippen molar-refractivity contribution in [1.82, 2.24) is 20.1 Å². The van der Waals surface area contributed by atoms with Crippen molar-refractivity contribution in [3.8, 4) is 11.6 Å². The molecule has 1 N–H and O–H groups in total. The number of carbonyl (C=O) groups is 1. The number of amides is 1. The van der Waals surface area contributed by atoms with Crippen LogP contribution in [0, 0.1) is 0 Å². The Balaban J connectivity index is 1.49. The highest BCUT2D eigenvalue weighted by atomic mass is 16.5. The van der Waals surface area contributed by atoms with E-state index in [1.54, 1.807) is 30.1 Å². The molecule has 1 atom stereocenters. The van der Waals surface area contributed by atoms with Crippen LogP contribution in [0.15, 0.2) is 67.0 Å². The van der Waals surface area contributed by atoms with Crippen LogP contribution in [0.3, 0.4) is 0 Å². The van der Waals surface area contributed by atoms with E-state index in [0.29, 0.717) is 18.8 Å². The Kier molecular flexibility index (Phi) is 5.41. The Morgan fingerprint density at radius 1 is 1.16 bits per heavy atom. The quantitative estimate of drug-likeness (QED) is 0.719. The number of pyridine rings is 1. The molecule has 0 fully saturated rings. The lowest BCUT2D eigenvalue weighted by molar-refractivity contribution is -0.127. The first-order valence-corrected chi connectivity index (χ1v) is 8.18. The lowest BCUT2D eigenvalue weighted by Crippen LogP contribution is -2.37. The third kappa shape index (κ3) is 4.67. The summed E-state index contributed by atoms with van der Waals surface area (Å²) in [6.07, 6.45) is 3.60. The third-order valence-corrected chi connectivity index (χ3v) is 3.66. The lowest BCUT2D eigenvalue weighted by Gasteiger charge is -2.12. The van der Waals surface area contributed by atoms with Crippen LogP contribution >= 0.6 is 0 Å². The van der Waals surface area contributed by atoms with Crippen molar-refractivity contribution in [3.05, 3.63) is 72.7 Å². The number of hydrogen-bond acceptors (Lipinski definition) is 4. The normalized spacial score (nSPS) is 11.7. The number of nitrogens with zero attached hydrogens (tertiary/aromatic N) is 3. The molecule has 1 amide bonds. The molecule has 0 unspecified atom stereocenters. The van der Waals surface area contributed by atoms with E-state index in [9.17, 15) is 4.79 Å². The molecule has 25 heavy (non-hydrogen) atoms. The molecule has 6 heteroatoms. The van der Waals surface area contributed by atoms with Crippen molar-refractivity contribution in [3.63, 3.8) is 0 Å². The first-order chi connectivity index (χ1) is 12.2. The van der Waals surface area contributed by atoms with Crippen molar-refractivity contribution in [2.75, 3.05) is 6.54 Å². The van der Waals surface area contributed by atoms with E-state index in [1.807, 2.05) is 48.5 Å². The molecule has 0 saturated carbocycles. The van der Waals surface area contributed by atoms with Gasteiger partial charge in [-0.05, 0) is 31.2 Å². The standard InChI is InChI=1S/C19H20N4O2/c1-15(19(24)21-13-10-16-7-5-6-12-20-16)25-18-11-14-23(22-18)17-8-3-2-4-9-17/h2-9,11-12,14-15H,10,13H2,1H3,(H,21,24)/t15-/m0/s1. The number of hydrogen-bond donors (Lipinski definition) is 1. The van der Waals surface area contributed by atoms with Crippen molar-refractivity contribution in [2.45, 2.75) is 19.4 Å². The zero-order valence-corrected chi connectivity index (χ0v) is 14.0. The molecule has 6 nitrogen and oxygen atoms in total. The van der Waals surface area contributed by atoms with Crippen LogP contribution in [-0.4, -0.2) is 33.3 Å². The van der Waals surface area contributed by atoms with Gasteiger partial charge in [-0.25, -0.2) is 4.68 Å². The predicted molar refractivity (Wildman–Crippen MR) is 94.6 cm³/mol. The summed E-state index contributed by atoms with van der Waals surface area (Å²) in [6.45, 7) is 2.22. The highest BCUT2D eigenvalue weighted by Gasteiger charge is 2.15. The van der Waals surface area contributed by atoms with Crippen LogP contribution in [0.25, 0.3) is 5.69 Å². The minimum Gasteiger partial charge on any atom is -0.463 e. The molecular weight excluding hydrogens is 316 g/mol. The lowest BCUT2D eigenvalue weighted by atomic mass is 10.2. The summed E-state index contributed by atoms with van der Waals surface area (Å²) < 4.78 is 7.33. The number of carbonyl (C=O) groups excluding carboxylic acids is 1. The van der Waals surface area contributed by atoms with Crippen molar-refractivity contribution >= 4 is 5.91 Å². The van der Waals surface area contributed by atoms with E-state index in [2.05, 4.69) is 15.4 Å². The number of ether oxygens (including phenoxy) is 1. The maximum absolute atomic E-state index is 12.1. The summed E-state index contributed by atoms with van der Waals surface area (Å²) in [5, 5.41) is 7.19. The van der Waals surface area contributed by atoms with E-state index in [1.165, 1.54) is 0 Å². The number of nitrogens with one attached hydrogen (secondary N) is 1. The number of rotatable bonds is 7. The van der Waals surface area contributed by atoms with E-state index >= 15 is 0 Å². The Labute approximate surface area is 146 Å². The number of aromatic nitrogens is 3. The van der Waals surface area contributed by atoms with Crippen LogP contribution in [-0.2, 0) is 11.2 Å². The summed E-state index contributed by atoms with van der Waals surface area (Å²) in [4.78, 5) is 16.3. The maximum Gasteiger partial charge on any atom is 0.260 e. The van der Waals surface area contributed by atoms with Gasteiger partial charge in [0.2, 0.25) is 5.88 Å². The van der Waals surface area contributed by atoms with Gasteiger partial charge in [-0.15, -0.1) is 5.10 Å². The van der Waals surface area contributed by atoms with Crippen LogP contribution in [0.1, 0.15) is 12.6 Å². The van der Waals surface area contributed by atoms with Gasteiger partial charge >= 0.3 is 0 Å². The molecule has 0 spiro atoms. The Bertz CT molecular complexity index is 803. The topological polar surface area (TPSA) is 69.0 Å². The zero-order valence-electron chi connectivity index (χ0n) is 14.0. The molecule has 3 aromatic rings. The highest BCUT2D eigenvalue weighted by Crippen LogP contribution is 2.13. The SMILES string of the molecule is C[C@H](Oc1ccn(-c2ccccc2)n1)C(=O)NCCc1ccccn1. The molecule has 0 aliphatic carbocycles. The van der Waals surface area contributed by atoms with E-state index in [0.717, 1.165) is 11.4 Å². The first kappa shape index (κ1) is 16.7. The molecule has 2 heterocycles. The van der Waals surface area contributed by atoms with Gasteiger partial charge in [0.25, 0.3) is 5.91 Å². The molecule has 1 aromatic carbocycles. The molecule has 0 aliphatic heterocycles. The van der Waals surface area contributed by atoms with E-state index in [-0.39, 0.29) is 5.91 Å². The summed E-state index contributed by atoms with van der Waals surface area (Å²) in [7, 11) is 0. The average molecular weight is 336 g/mol. The monoisotopic (exact) mass is 336 g/mol. The van der Waals surface area contributed by atoms with Gasteiger partial charge in [-0.1, -0.05) is 24.3 Å². The van der Waals surface area contributed by atoms with Gasteiger partial charge in [-0.2, -0.15) is 0 Å². The van der Waals surface area contributed by atoms with Crippen LogP contribution in [0.2, 0.25) is 0 Å². The van der Waals surface area contributed by atoms with Gasteiger partial charge < -0.3 is 10.1 Å². The van der Waals surface area contributed by atoms with Gasteiger partial charge in [-0.3, -0.25) is 9.78 Å². The Morgan fingerprint density at radius 3 is 2.72 bits per heavy atom. The fourth-order valence-electron chi connectivity index (χ4n) is 2.33. The van der Waals surface area contributed by atoms with Crippen molar-refractivity contribution < 1.29 is 9.53 Å². The molecular formula is C19H20N4O2. The van der Waals surface area contributed by atoms with Gasteiger partial charge in [0.05, 0.1) is 5.69 Å². The number of para-hydroxylation sites is 1. The second kappa shape index (κ2) is 8.10. The second-order valence-electron chi connectivity index (χ2n) is 5.56. The van der Waals surface area contributed by atoms with E-state index < -0.39 is 6.10 Å². The fraction of sp³-hybridized carbons (Fsp3) is 0.211. The second-order valence-corrected chi connectivity index (χ2v) is 5.56. The molecule has 3 rings (SSSR count). The predicted octanol–water partition coefficient (Wildman–Crippen LogP) is 2.39. The summed E-state index contributed by atoms with van der Waals surface area (Å²) >= 11 is 0. The minimum atomic E-state index is -0.622. The fourth-order valence-corrected chi connectivity index (χ4v) is 2.33. The molecule has 0 bridgehead atoms. The Hall–Kier alpha value is -3.15. The average Bonchev–Trinajstić information content (AvgIpc) is 3.12. The molecule has 2 aromatic heterocycles. The van der Waals surface area contributed by atoms with Gasteiger partial charge in [0.1, 0.15) is 0 Å². The molecule has 0 saturated heterocycles. The molecule has 128 valence electrons.